The van der Waals surface area contributed by atoms with Crippen LogP contribution in [0.1, 0.15) is 64.5 Å². The molecular weight excluding hydrogens is 994 g/mol. The normalized spacial score (nSPS) is 16.4. The number of allylic oxidation sites excluding steroid dienone is 4. The number of nitrogens with zero attached hydrogens (tertiary/aromatic N) is 2. The van der Waals surface area contributed by atoms with Crippen molar-refractivity contribution in [2.45, 2.75) is 74.0 Å². The van der Waals surface area contributed by atoms with Crippen molar-refractivity contribution in [2.24, 2.45) is 0 Å². The van der Waals surface area contributed by atoms with Crippen molar-refractivity contribution in [3.05, 3.63) is 71.5 Å². The van der Waals surface area contributed by atoms with Gasteiger partial charge >= 0.3 is 88.7 Å². The van der Waals surface area contributed by atoms with Gasteiger partial charge in [-0.25, -0.2) is 30.0 Å². The van der Waals surface area contributed by atoms with Crippen LogP contribution in [0.3, 0.4) is 0 Å². The van der Waals surface area contributed by atoms with E-state index in [0.29, 0.717) is 47.0 Å². The zero-order valence-electron chi connectivity index (χ0n) is 36.6. The molecule has 2 aliphatic rings. The molecule has 2 aromatic rings. The van der Waals surface area contributed by atoms with Gasteiger partial charge in [0.25, 0.3) is 10.1 Å². The number of hydrogen-bond donors (Lipinski definition) is 3. The summed E-state index contributed by atoms with van der Waals surface area (Å²) in [5.41, 5.74) is 5.64. The van der Waals surface area contributed by atoms with E-state index in [0.717, 1.165) is 41.0 Å². The third-order valence-corrected chi connectivity index (χ3v) is 14.7. The van der Waals surface area contributed by atoms with E-state index in [1.807, 2.05) is 69.0 Å². The Hall–Kier alpha value is 0.490. The van der Waals surface area contributed by atoms with E-state index >= 15 is 0 Å². The zero-order valence-corrected chi connectivity index (χ0v) is 47.5. The molecule has 0 bridgehead atoms. The van der Waals surface area contributed by atoms with Gasteiger partial charge in [-0.2, -0.15) is 22.8 Å². The predicted molar refractivity (Wildman–Crippen MR) is 223 cm³/mol. The SMILES string of the molecule is CC1(C)C(C=C/C=C2/N(CCCCS(=O)(=O)[O-])c3ccc(S(=O)(=O)NCCS(=O)(=O)[O-])cc3C2(C)C)=[N+](CCCCS(=O)(=O)O)c2ccc(SOONCCSOO[O-])cc21.[Na+].[Na+].[Na+]. The predicted octanol–water partition coefficient (Wildman–Crippen LogP) is -6.54. The molecule has 0 saturated heterocycles. The van der Waals surface area contributed by atoms with Gasteiger partial charge in [0.05, 0.1) is 54.1 Å². The van der Waals surface area contributed by atoms with Gasteiger partial charge in [-0.05, 0) is 75.1 Å². The number of anilines is 1. The third-order valence-electron chi connectivity index (χ3n) is 9.84. The number of rotatable bonds is 26. The smallest absolute Gasteiger partial charge is 0.748 e. The topological polar surface area (TPSA) is 293 Å². The summed E-state index contributed by atoms with van der Waals surface area (Å²) in [4.78, 5) is 7.44. The minimum atomic E-state index is -4.67. The summed E-state index contributed by atoms with van der Waals surface area (Å²) in [6.07, 6.45) is 6.61. The molecule has 0 atom stereocenters. The maximum atomic E-state index is 13.2. The van der Waals surface area contributed by atoms with Gasteiger partial charge in [0, 0.05) is 89.0 Å². The summed E-state index contributed by atoms with van der Waals surface area (Å²) in [7, 11) is -17.5. The van der Waals surface area contributed by atoms with E-state index < -0.39 is 75.0 Å². The van der Waals surface area contributed by atoms with Crippen LogP contribution in [0.5, 0.6) is 0 Å². The Balaban J connectivity index is 0.00000683. The van der Waals surface area contributed by atoms with Crippen molar-refractivity contribution in [2.75, 3.05) is 54.1 Å². The van der Waals surface area contributed by atoms with E-state index in [4.69, 9.17) is 9.32 Å². The minimum absolute atomic E-state index is 0. The molecule has 3 N–H and O–H groups in total. The van der Waals surface area contributed by atoms with Crippen molar-refractivity contribution in [3.8, 4) is 0 Å². The molecular formula is C35H48N4Na3O16S6+. The fourth-order valence-corrected chi connectivity index (χ4v) is 10.4. The second kappa shape index (κ2) is 27.2. The van der Waals surface area contributed by atoms with Crippen LogP contribution in [0, 0.1) is 0 Å². The Morgan fingerprint density at radius 1 is 0.812 bits per heavy atom. The Labute approximate surface area is 450 Å². The molecule has 4 rings (SSSR count). The summed E-state index contributed by atoms with van der Waals surface area (Å²) >= 11 is 1.72. The number of unbranched alkanes of at least 4 members (excludes halogenated alkanes) is 2. The first kappa shape index (κ1) is 62.5. The number of benzene rings is 2. The van der Waals surface area contributed by atoms with Crippen LogP contribution in [-0.2, 0) is 69.9 Å². The van der Waals surface area contributed by atoms with E-state index in [-0.39, 0.29) is 119 Å². The third kappa shape index (κ3) is 18.7. The summed E-state index contributed by atoms with van der Waals surface area (Å²) < 4.78 is 140. The van der Waals surface area contributed by atoms with Crippen LogP contribution in [0.2, 0.25) is 0 Å². The maximum absolute atomic E-state index is 13.2. The van der Waals surface area contributed by atoms with Gasteiger partial charge in [0.2, 0.25) is 15.7 Å². The fraction of sp³-hybridized carbons (Fsp3) is 0.514. The summed E-state index contributed by atoms with van der Waals surface area (Å²) in [5.74, 6) is -1.56. The van der Waals surface area contributed by atoms with Crippen LogP contribution >= 0.6 is 24.1 Å². The Morgan fingerprint density at radius 3 is 2.12 bits per heavy atom. The number of fused-ring (bicyclic) bond motifs is 2. The van der Waals surface area contributed by atoms with Gasteiger partial charge in [0.1, 0.15) is 6.54 Å². The fourth-order valence-electron chi connectivity index (χ4n) is 6.99. The minimum Gasteiger partial charge on any atom is -0.748 e. The number of nitrogens with one attached hydrogen (secondary N) is 2. The van der Waals surface area contributed by atoms with Gasteiger partial charge in [0.15, 0.2) is 5.71 Å². The molecule has 0 amide bonds. The monoisotopic (exact) mass is 1040 g/mol. The molecule has 2 aliphatic heterocycles. The van der Waals surface area contributed by atoms with Crippen LogP contribution in [0.15, 0.2) is 70.1 Å². The van der Waals surface area contributed by atoms with Gasteiger partial charge in [-0.3, -0.25) is 9.59 Å². The molecule has 64 heavy (non-hydrogen) atoms. The van der Waals surface area contributed by atoms with Crippen molar-refractivity contribution >= 4 is 81.5 Å². The first-order valence-corrected chi connectivity index (χ1v) is 26.5. The molecule has 0 aliphatic carbocycles. The first-order chi connectivity index (χ1) is 28.4. The Kier molecular flexibility index (Phi) is 26.6. The molecule has 0 saturated carbocycles. The van der Waals surface area contributed by atoms with Gasteiger partial charge in [-0.15, -0.1) is 9.32 Å². The molecule has 29 heteroatoms. The van der Waals surface area contributed by atoms with E-state index in [1.54, 1.807) is 6.07 Å². The van der Waals surface area contributed by atoms with Crippen molar-refractivity contribution in [1.29, 1.82) is 0 Å². The van der Waals surface area contributed by atoms with E-state index in [9.17, 15) is 52.6 Å². The van der Waals surface area contributed by atoms with Crippen LogP contribution in [0.25, 0.3) is 0 Å². The molecule has 2 heterocycles. The molecule has 20 nitrogen and oxygen atoms in total. The molecule has 0 spiro atoms. The Morgan fingerprint density at radius 2 is 1.48 bits per heavy atom. The Bertz CT molecular complexity index is 2440. The average molecular weight is 1040 g/mol. The molecule has 0 aromatic heterocycles. The molecule has 342 valence electrons. The zero-order chi connectivity index (χ0) is 45.3. The summed E-state index contributed by atoms with van der Waals surface area (Å²) in [5, 5.41) is 13.1. The van der Waals surface area contributed by atoms with Crippen LogP contribution < -0.4 is 109 Å². The number of hydroxylamine groups is 1. The van der Waals surface area contributed by atoms with Crippen molar-refractivity contribution in [3.63, 3.8) is 0 Å². The van der Waals surface area contributed by atoms with Gasteiger partial charge in [-0.1, -0.05) is 19.9 Å². The quantitative estimate of drug-likeness (QED) is 0.0150. The maximum Gasteiger partial charge on any atom is 1.00 e. The summed E-state index contributed by atoms with van der Waals surface area (Å²) in [6, 6.07) is 10.0. The molecule has 0 fully saturated rings. The van der Waals surface area contributed by atoms with Crippen molar-refractivity contribution < 1.29 is 165 Å². The van der Waals surface area contributed by atoms with Crippen molar-refractivity contribution in [1.82, 2.24) is 10.2 Å². The molecule has 0 radical (unpaired) electrons. The second-order valence-corrected chi connectivity index (χ2v) is 22.9. The standard InChI is InChI=1S/C35H50N4O16S6.3Na/c1-34(2)28-24-26(57-54-52-36-16-20-56-55-53-40)12-14-30(28)38(18-5-7-21-58(41,42)43)32(34)10-9-11-33-35(3,4)29-25-27(61(50,51)37-17-23-60(47,48)49)13-15-31(29)39(33)19-6-8-22-59(44,45)46;;;/h9-15,24-25,36-37H,5-8,16-23H2,1-4H3,(H3-,40,41,42,43,44,45,46,47,48,49);;;/q;3*+1/p-2. The first-order valence-electron chi connectivity index (χ1n) is 18.6. The molecule has 2 aromatic carbocycles. The second-order valence-electron chi connectivity index (χ2n) is 14.9. The number of sulfonamides is 1. The largest absolute Gasteiger partial charge is 1.00 e. The van der Waals surface area contributed by atoms with E-state index in [2.05, 4.69) is 24.1 Å². The van der Waals surface area contributed by atoms with E-state index in [1.165, 1.54) is 12.1 Å². The van der Waals surface area contributed by atoms with Crippen LogP contribution in [-0.4, -0.2) is 107 Å². The molecule has 0 unspecified atom stereocenters. The number of hydrogen-bond acceptors (Lipinski definition) is 19. The summed E-state index contributed by atoms with van der Waals surface area (Å²) in [6.45, 7) is 8.12. The van der Waals surface area contributed by atoms with Crippen LogP contribution in [0.4, 0.5) is 11.4 Å². The average Bonchev–Trinajstić information content (AvgIpc) is 3.49. The van der Waals surface area contributed by atoms with Gasteiger partial charge < -0.3 is 19.3 Å².